The highest BCUT2D eigenvalue weighted by molar-refractivity contribution is 5.82. The van der Waals surface area contributed by atoms with Crippen LogP contribution in [0.15, 0.2) is 76.7 Å². The van der Waals surface area contributed by atoms with Gasteiger partial charge in [-0.15, -0.1) is 4.59 Å². The number of para-hydroxylation sites is 1. The fourth-order valence-corrected chi connectivity index (χ4v) is 4.14. The SMILES string of the molecule is COc1cc(N(C2CCC2)[N+]23C=CN=CC2=CN=C3)cc(OC)c1Oc1ccccc1. The first-order chi connectivity index (χ1) is 15.2. The summed E-state index contributed by atoms with van der Waals surface area (Å²) in [6.07, 6.45) is 13.0. The molecule has 0 saturated heterocycles. The second kappa shape index (κ2) is 7.92. The molecule has 2 aliphatic heterocycles. The van der Waals surface area contributed by atoms with Gasteiger partial charge >= 0.3 is 0 Å². The van der Waals surface area contributed by atoms with E-state index in [2.05, 4.69) is 15.0 Å². The number of benzene rings is 2. The third-order valence-corrected chi connectivity index (χ3v) is 5.90. The Balaban J connectivity index is 1.61. The number of fused-ring (bicyclic) bond motifs is 1. The van der Waals surface area contributed by atoms with Crippen molar-refractivity contribution in [3.63, 3.8) is 0 Å². The number of rotatable bonds is 7. The first kappa shape index (κ1) is 19.4. The largest absolute Gasteiger partial charge is 0.493 e. The van der Waals surface area contributed by atoms with Crippen molar-refractivity contribution < 1.29 is 18.8 Å². The summed E-state index contributed by atoms with van der Waals surface area (Å²) in [6, 6.07) is 14.0. The molecule has 5 rings (SSSR count). The first-order valence-corrected chi connectivity index (χ1v) is 10.4. The van der Waals surface area contributed by atoms with E-state index in [1.54, 1.807) is 14.2 Å². The van der Waals surface area contributed by atoms with Crippen LogP contribution < -0.4 is 19.2 Å². The number of hydrogen-bond donors (Lipinski definition) is 0. The molecule has 7 heteroatoms. The van der Waals surface area contributed by atoms with Gasteiger partial charge in [0.05, 0.1) is 44.6 Å². The van der Waals surface area contributed by atoms with Gasteiger partial charge in [0.25, 0.3) is 0 Å². The van der Waals surface area contributed by atoms with Gasteiger partial charge in [-0.05, 0) is 31.4 Å². The average molecular weight is 417 g/mol. The van der Waals surface area contributed by atoms with E-state index < -0.39 is 0 Å². The van der Waals surface area contributed by atoms with Gasteiger partial charge in [-0.3, -0.25) is 4.99 Å². The zero-order chi connectivity index (χ0) is 21.3. The Bertz CT molecular complexity index is 1060. The van der Waals surface area contributed by atoms with E-state index in [-0.39, 0.29) is 0 Å². The van der Waals surface area contributed by atoms with Crippen molar-refractivity contribution in [1.29, 1.82) is 0 Å². The summed E-state index contributed by atoms with van der Waals surface area (Å²) >= 11 is 0. The maximum absolute atomic E-state index is 6.14. The molecule has 31 heavy (non-hydrogen) atoms. The molecule has 7 nitrogen and oxygen atoms in total. The molecule has 2 aromatic rings. The van der Waals surface area contributed by atoms with E-state index in [4.69, 9.17) is 14.2 Å². The van der Waals surface area contributed by atoms with Crippen molar-refractivity contribution in [2.24, 2.45) is 9.98 Å². The molecule has 0 N–H and O–H groups in total. The van der Waals surface area contributed by atoms with Gasteiger partial charge in [-0.25, -0.2) is 10.0 Å². The maximum atomic E-state index is 6.14. The van der Waals surface area contributed by atoms with Crippen molar-refractivity contribution in [2.75, 3.05) is 19.2 Å². The summed E-state index contributed by atoms with van der Waals surface area (Å²) in [6.45, 7) is 0. The molecule has 1 aliphatic carbocycles. The molecule has 3 aliphatic rings. The Labute approximate surface area is 181 Å². The van der Waals surface area contributed by atoms with Crippen molar-refractivity contribution in [3.8, 4) is 23.0 Å². The predicted molar refractivity (Wildman–Crippen MR) is 121 cm³/mol. The Morgan fingerprint density at radius 1 is 1.00 bits per heavy atom. The van der Waals surface area contributed by atoms with Crippen LogP contribution in [0.4, 0.5) is 5.69 Å². The Hall–Kier alpha value is -3.58. The third-order valence-electron chi connectivity index (χ3n) is 5.90. The van der Waals surface area contributed by atoms with E-state index >= 15 is 0 Å². The zero-order valence-corrected chi connectivity index (χ0v) is 17.6. The van der Waals surface area contributed by atoms with Crippen LogP contribution in [0, 0.1) is 0 Å². The van der Waals surface area contributed by atoms with Gasteiger partial charge in [0.15, 0.2) is 17.7 Å². The van der Waals surface area contributed by atoms with Crippen LogP contribution in [0.1, 0.15) is 19.3 Å². The molecule has 1 atom stereocenters. The summed E-state index contributed by atoms with van der Waals surface area (Å²) in [7, 11) is 3.29. The number of quaternary nitrogens is 1. The molecule has 0 radical (unpaired) electrons. The molecule has 1 saturated carbocycles. The van der Waals surface area contributed by atoms with Gasteiger partial charge in [0.2, 0.25) is 17.8 Å². The normalized spacial score (nSPS) is 21.3. The monoisotopic (exact) mass is 417 g/mol. The number of aliphatic imine (C=N–C) groups is 2. The van der Waals surface area contributed by atoms with Crippen molar-refractivity contribution in [1.82, 2.24) is 0 Å². The highest BCUT2D eigenvalue weighted by Crippen LogP contribution is 2.47. The van der Waals surface area contributed by atoms with E-state index in [1.165, 1.54) is 6.42 Å². The predicted octanol–water partition coefficient (Wildman–Crippen LogP) is 5.03. The highest BCUT2D eigenvalue weighted by atomic mass is 16.5. The molecule has 2 aromatic carbocycles. The van der Waals surface area contributed by atoms with Gasteiger partial charge in [-0.2, -0.15) is 0 Å². The summed E-state index contributed by atoms with van der Waals surface area (Å²) in [5.74, 6) is 2.49. The molecular formula is C24H25N4O3+. The minimum atomic E-state index is 0.361. The van der Waals surface area contributed by atoms with Gasteiger partial charge < -0.3 is 14.2 Å². The van der Waals surface area contributed by atoms with Crippen molar-refractivity contribution in [2.45, 2.75) is 25.3 Å². The Kier molecular flexibility index (Phi) is 4.95. The van der Waals surface area contributed by atoms with Gasteiger partial charge in [0, 0.05) is 12.1 Å². The van der Waals surface area contributed by atoms with Crippen LogP contribution >= 0.6 is 0 Å². The minimum Gasteiger partial charge on any atom is -0.493 e. The highest BCUT2D eigenvalue weighted by Gasteiger charge is 2.47. The molecule has 158 valence electrons. The lowest BCUT2D eigenvalue weighted by atomic mass is 9.91. The van der Waals surface area contributed by atoms with Crippen molar-refractivity contribution >= 4 is 18.2 Å². The molecule has 2 heterocycles. The molecule has 0 aromatic heterocycles. The van der Waals surface area contributed by atoms with Crippen LogP contribution in [0.25, 0.3) is 0 Å². The van der Waals surface area contributed by atoms with Crippen LogP contribution in [-0.2, 0) is 0 Å². The van der Waals surface area contributed by atoms with Crippen LogP contribution in [0.2, 0.25) is 0 Å². The van der Waals surface area contributed by atoms with Crippen LogP contribution in [0.3, 0.4) is 0 Å². The number of nitrogens with zero attached hydrogens (tertiary/aromatic N) is 4. The third kappa shape index (κ3) is 3.27. The smallest absolute Gasteiger partial charge is 0.225 e. The van der Waals surface area contributed by atoms with Gasteiger partial charge in [0.1, 0.15) is 5.75 Å². The lowest BCUT2D eigenvalue weighted by Crippen LogP contribution is -2.61. The maximum Gasteiger partial charge on any atom is 0.225 e. The van der Waals surface area contributed by atoms with Crippen molar-refractivity contribution in [3.05, 3.63) is 66.8 Å². The Morgan fingerprint density at radius 2 is 1.74 bits per heavy atom. The number of ether oxygens (including phenoxy) is 3. The topological polar surface area (TPSA) is 55.7 Å². The van der Waals surface area contributed by atoms with Crippen LogP contribution in [-0.4, -0.2) is 37.4 Å². The van der Waals surface area contributed by atoms with Gasteiger partial charge in [-0.1, -0.05) is 18.2 Å². The molecule has 0 bridgehead atoms. The van der Waals surface area contributed by atoms with E-state index in [0.717, 1.165) is 30.0 Å². The summed E-state index contributed by atoms with van der Waals surface area (Å²) < 4.78 is 18.0. The first-order valence-electron chi connectivity index (χ1n) is 10.4. The number of allylic oxidation sites excluding steroid dienone is 1. The van der Waals surface area contributed by atoms with E-state index in [1.807, 2.05) is 73.6 Å². The second-order valence-corrected chi connectivity index (χ2v) is 7.66. The zero-order valence-electron chi connectivity index (χ0n) is 17.6. The Morgan fingerprint density at radius 3 is 2.39 bits per heavy atom. The quantitative estimate of drug-likeness (QED) is 0.593. The molecule has 1 unspecified atom stereocenters. The molecular weight excluding hydrogens is 392 g/mol. The lowest BCUT2D eigenvalue weighted by Gasteiger charge is -2.46. The summed E-state index contributed by atoms with van der Waals surface area (Å²) in [5.41, 5.74) is 1.97. The second-order valence-electron chi connectivity index (χ2n) is 7.66. The standard InChI is InChI=1S/C24H25N4O3/c1-29-22-13-19(14-23(30-2)24(22)31-21-9-4-3-5-10-21)27(18-7-6-8-18)28-12-11-25-15-20(28)16-26-17-28/h3-5,9-18H,6-8H2,1-2H3/q+1. The number of anilines is 1. The molecule has 1 fully saturated rings. The average Bonchev–Trinajstić information content (AvgIpc) is 3.21. The van der Waals surface area contributed by atoms with E-state index in [0.29, 0.717) is 27.9 Å². The molecule has 0 spiro atoms. The summed E-state index contributed by atoms with van der Waals surface area (Å²) in [5, 5.41) is 2.35. The number of methoxy groups -OCH3 is 2. The summed E-state index contributed by atoms with van der Waals surface area (Å²) in [4.78, 5) is 8.77. The molecule has 0 amide bonds. The van der Waals surface area contributed by atoms with E-state index in [9.17, 15) is 0 Å². The fraction of sp³-hybridized carbons (Fsp3) is 0.250. The minimum absolute atomic E-state index is 0.361. The number of hydrogen-bond acceptors (Lipinski definition) is 6. The van der Waals surface area contributed by atoms with Crippen LogP contribution in [0.5, 0.6) is 23.0 Å². The lowest BCUT2D eigenvalue weighted by molar-refractivity contribution is -0.746. The fourth-order valence-electron chi connectivity index (χ4n) is 4.14.